The van der Waals surface area contributed by atoms with E-state index in [2.05, 4.69) is 10.6 Å². The van der Waals surface area contributed by atoms with Crippen molar-refractivity contribution in [2.45, 2.75) is 13.0 Å². The van der Waals surface area contributed by atoms with E-state index in [1.807, 2.05) is 25.2 Å². The monoisotopic (exact) mass is 290 g/mol. The lowest BCUT2D eigenvalue weighted by Gasteiger charge is -2.08. The highest BCUT2D eigenvalue weighted by molar-refractivity contribution is 5.92. The molecule has 0 atom stereocenters. The Labute approximate surface area is 122 Å². The molecule has 0 bridgehead atoms. The fourth-order valence-corrected chi connectivity index (χ4v) is 2.00. The molecule has 2 N–H and O–H groups in total. The molecule has 0 aromatic heterocycles. The maximum Gasteiger partial charge on any atom is 0.228 e. The molecule has 0 aliphatic carbocycles. The zero-order valence-corrected chi connectivity index (χ0v) is 11.6. The SMILES string of the molecule is CNCc1cccc(NC(=O)Cc2ccc(F)c(F)c2)c1. The molecule has 0 saturated heterocycles. The van der Waals surface area contributed by atoms with Crippen molar-refractivity contribution >= 4 is 11.6 Å². The molecule has 0 fully saturated rings. The topological polar surface area (TPSA) is 41.1 Å². The number of carbonyl (C=O) groups is 1. The molecule has 21 heavy (non-hydrogen) atoms. The summed E-state index contributed by atoms with van der Waals surface area (Å²) in [4.78, 5) is 11.9. The fourth-order valence-electron chi connectivity index (χ4n) is 2.00. The number of anilines is 1. The third-order valence-corrected chi connectivity index (χ3v) is 2.94. The van der Waals surface area contributed by atoms with Crippen LogP contribution in [0.25, 0.3) is 0 Å². The molecule has 0 radical (unpaired) electrons. The molecule has 5 heteroatoms. The van der Waals surface area contributed by atoms with Crippen molar-refractivity contribution in [1.29, 1.82) is 0 Å². The van der Waals surface area contributed by atoms with Crippen molar-refractivity contribution in [2.75, 3.05) is 12.4 Å². The van der Waals surface area contributed by atoms with Crippen LogP contribution in [0.15, 0.2) is 42.5 Å². The summed E-state index contributed by atoms with van der Waals surface area (Å²) in [5, 5.41) is 5.77. The van der Waals surface area contributed by atoms with E-state index in [9.17, 15) is 13.6 Å². The summed E-state index contributed by atoms with van der Waals surface area (Å²) in [6.45, 7) is 0.701. The van der Waals surface area contributed by atoms with Gasteiger partial charge in [0.1, 0.15) is 0 Å². The van der Waals surface area contributed by atoms with Crippen molar-refractivity contribution in [1.82, 2.24) is 5.32 Å². The highest BCUT2D eigenvalue weighted by Gasteiger charge is 2.08. The standard InChI is InChI=1S/C16H16F2N2O/c1-19-10-12-3-2-4-13(7-12)20-16(21)9-11-5-6-14(17)15(18)8-11/h2-8,19H,9-10H2,1H3,(H,20,21). The smallest absolute Gasteiger partial charge is 0.228 e. The minimum Gasteiger partial charge on any atom is -0.326 e. The van der Waals surface area contributed by atoms with Crippen molar-refractivity contribution in [3.63, 3.8) is 0 Å². The molecule has 0 aliphatic heterocycles. The van der Waals surface area contributed by atoms with Gasteiger partial charge in [-0.25, -0.2) is 8.78 Å². The van der Waals surface area contributed by atoms with E-state index in [4.69, 9.17) is 0 Å². The van der Waals surface area contributed by atoms with E-state index >= 15 is 0 Å². The molecule has 0 spiro atoms. The van der Waals surface area contributed by atoms with E-state index in [0.29, 0.717) is 17.8 Å². The predicted octanol–water partition coefficient (Wildman–Crippen LogP) is 2.87. The quantitative estimate of drug-likeness (QED) is 0.889. The lowest BCUT2D eigenvalue weighted by atomic mass is 10.1. The number of amides is 1. The number of hydrogen-bond acceptors (Lipinski definition) is 2. The molecule has 2 rings (SSSR count). The van der Waals surface area contributed by atoms with Crippen molar-refractivity contribution in [3.8, 4) is 0 Å². The second-order valence-electron chi connectivity index (χ2n) is 4.70. The minimum atomic E-state index is -0.948. The Morgan fingerprint density at radius 2 is 1.86 bits per heavy atom. The summed E-state index contributed by atoms with van der Waals surface area (Å²) in [5.41, 5.74) is 2.15. The van der Waals surface area contributed by atoms with E-state index in [1.54, 1.807) is 6.07 Å². The first kappa shape index (κ1) is 15.1. The van der Waals surface area contributed by atoms with Gasteiger partial charge in [-0.15, -0.1) is 0 Å². The molecular formula is C16H16F2N2O. The largest absolute Gasteiger partial charge is 0.326 e. The van der Waals surface area contributed by atoms with Gasteiger partial charge in [0.25, 0.3) is 0 Å². The van der Waals surface area contributed by atoms with Crippen LogP contribution in [0, 0.1) is 11.6 Å². The number of benzene rings is 2. The molecule has 2 aromatic rings. The Balaban J connectivity index is 2.01. The number of halogens is 2. The van der Waals surface area contributed by atoms with Gasteiger partial charge < -0.3 is 10.6 Å². The molecule has 0 aliphatic rings. The Morgan fingerprint density at radius 3 is 2.57 bits per heavy atom. The predicted molar refractivity (Wildman–Crippen MR) is 77.9 cm³/mol. The van der Waals surface area contributed by atoms with Gasteiger partial charge in [-0.2, -0.15) is 0 Å². The summed E-state index contributed by atoms with van der Waals surface area (Å²) in [5.74, 6) is -2.14. The van der Waals surface area contributed by atoms with Crippen LogP contribution < -0.4 is 10.6 Å². The van der Waals surface area contributed by atoms with Crippen LogP contribution in [-0.2, 0) is 17.8 Å². The molecule has 3 nitrogen and oxygen atoms in total. The highest BCUT2D eigenvalue weighted by Crippen LogP contribution is 2.13. The van der Waals surface area contributed by atoms with Crippen molar-refractivity contribution in [2.24, 2.45) is 0 Å². The van der Waals surface area contributed by atoms with Crippen LogP contribution in [-0.4, -0.2) is 13.0 Å². The second kappa shape index (κ2) is 6.95. The number of carbonyl (C=O) groups excluding carboxylic acids is 1. The Hall–Kier alpha value is -2.27. The molecular weight excluding hydrogens is 274 g/mol. The van der Waals surface area contributed by atoms with Crippen LogP contribution in [0.3, 0.4) is 0 Å². The number of nitrogens with one attached hydrogen (secondary N) is 2. The lowest BCUT2D eigenvalue weighted by molar-refractivity contribution is -0.115. The van der Waals surface area contributed by atoms with Gasteiger partial charge in [0.05, 0.1) is 6.42 Å². The van der Waals surface area contributed by atoms with Crippen LogP contribution >= 0.6 is 0 Å². The zero-order valence-electron chi connectivity index (χ0n) is 11.6. The molecule has 0 unspecified atom stereocenters. The Kier molecular flexibility index (Phi) is 5.00. The summed E-state index contributed by atoms with van der Waals surface area (Å²) < 4.78 is 25.9. The van der Waals surface area contributed by atoms with Gasteiger partial charge in [-0.05, 0) is 42.4 Å². The van der Waals surface area contributed by atoms with Gasteiger partial charge in [0.2, 0.25) is 5.91 Å². The average molecular weight is 290 g/mol. The van der Waals surface area contributed by atoms with Crippen molar-refractivity contribution < 1.29 is 13.6 Å². The number of hydrogen-bond donors (Lipinski definition) is 2. The number of rotatable bonds is 5. The summed E-state index contributed by atoms with van der Waals surface area (Å²) in [6.07, 6.45) is -0.00649. The summed E-state index contributed by atoms with van der Waals surface area (Å²) >= 11 is 0. The highest BCUT2D eigenvalue weighted by atomic mass is 19.2. The lowest BCUT2D eigenvalue weighted by Crippen LogP contribution is -2.15. The molecule has 2 aromatic carbocycles. The van der Waals surface area contributed by atoms with E-state index in [1.165, 1.54) is 6.07 Å². The van der Waals surface area contributed by atoms with Gasteiger partial charge in [0, 0.05) is 12.2 Å². The van der Waals surface area contributed by atoms with Crippen LogP contribution in [0.4, 0.5) is 14.5 Å². The third kappa shape index (κ3) is 4.36. The van der Waals surface area contributed by atoms with Gasteiger partial charge in [-0.3, -0.25) is 4.79 Å². The van der Waals surface area contributed by atoms with Crippen molar-refractivity contribution in [3.05, 3.63) is 65.2 Å². The molecule has 1 amide bonds. The van der Waals surface area contributed by atoms with E-state index in [-0.39, 0.29) is 12.3 Å². The Bertz CT molecular complexity index is 644. The first-order valence-electron chi connectivity index (χ1n) is 6.56. The Morgan fingerprint density at radius 1 is 1.05 bits per heavy atom. The minimum absolute atomic E-state index is 0.00649. The van der Waals surface area contributed by atoms with Crippen LogP contribution in [0.5, 0.6) is 0 Å². The first-order valence-corrected chi connectivity index (χ1v) is 6.56. The fraction of sp³-hybridized carbons (Fsp3) is 0.188. The maximum atomic E-state index is 13.1. The second-order valence-corrected chi connectivity index (χ2v) is 4.70. The average Bonchev–Trinajstić information content (AvgIpc) is 2.43. The van der Waals surface area contributed by atoms with Gasteiger partial charge >= 0.3 is 0 Å². The third-order valence-electron chi connectivity index (χ3n) is 2.94. The normalized spacial score (nSPS) is 10.4. The molecule has 0 heterocycles. The van der Waals surface area contributed by atoms with E-state index in [0.717, 1.165) is 17.7 Å². The van der Waals surface area contributed by atoms with E-state index < -0.39 is 11.6 Å². The summed E-state index contributed by atoms with van der Waals surface area (Å²) in [6, 6.07) is 10.9. The van der Waals surface area contributed by atoms with Gasteiger partial charge in [-0.1, -0.05) is 18.2 Å². The maximum absolute atomic E-state index is 13.1. The molecule has 0 saturated carbocycles. The molecule has 110 valence electrons. The van der Waals surface area contributed by atoms with Gasteiger partial charge in [0.15, 0.2) is 11.6 Å². The zero-order chi connectivity index (χ0) is 15.2. The van der Waals surface area contributed by atoms with Crippen LogP contribution in [0.1, 0.15) is 11.1 Å². The van der Waals surface area contributed by atoms with Crippen LogP contribution in [0.2, 0.25) is 0 Å². The summed E-state index contributed by atoms with van der Waals surface area (Å²) in [7, 11) is 1.84. The first-order chi connectivity index (χ1) is 10.1.